The van der Waals surface area contributed by atoms with Gasteiger partial charge in [0.1, 0.15) is 0 Å². The molecular weight excluding hydrogens is 186 g/mol. The molecule has 1 aromatic heterocycles. The first kappa shape index (κ1) is 9.92. The quantitative estimate of drug-likeness (QED) is 0.540. The van der Waals surface area contributed by atoms with E-state index in [2.05, 4.69) is 0 Å². The van der Waals surface area contributed by atoms with Gasteiger partial charge in [-0.3, -0.25) is 10.1 Å². The molecule has 0 aliphatic carbocycles. The first-order valence-electron chi connectivity index (χ1n) is 3.90. The molecule has 1 aromatic rings. The molecule has 0 atom stereocenters. The van der Waals surface area contributed by atoms with Crippen molar-refractivity contribution in [3.8, 4) is 0 Å². The molecule has 0 aliphatic heterocycles. The molecule has 13 heavy (non-hydrogen) atoms. The lowest BCUT2D eigenvalue weighted by atomic mass is 10.2. The van der Waals surface area contributed by atoms with Crippen LogP contribution in [0.1, 0.15) is 22.2 Å². The van der Waals surface area contributed by atoms with Gasteiger partial charge in [-0.25, -0.2) is 0 Å². The summed E-state index contributed by atoms with van der Waals surface area (Å²) in [6, 6.07) is 2.03. The first-order chi connectivity index (χ1) is 6.00. The summed E-state index contributed by atoms with van der Waals surface area (Å²) in [6.45, 7) is 5.47. The van der Waals surface area contributed by atoms with Gasteiger partial charge in [0.05, 0.1) is 4.92 Å². The fourth-order valence-corrected chi connectivity index (χ4v) is 2.08. The second-order valence-electron chi connectivity index (χ2n) is 2.95. The average Bonchev–Trinajstić information content (AvgIpc) is 2.30. The van der Waals surface area contributed by atoms with Crippen LogP contribution in [0.2, 0.25) is 0 Å². The van der Waals surface area contributed by atoms with E-state index in [4.69, 9.17) is 0 Å². The van der Waals surface area contributed by atoms with Gasteiger partial charge >= 0.3 is 0 Å². The van der Waals surface area contributed by atoms with Crippen LogP contribution in [0, 0.1) is 24.0 Å². The van der Waals surface area contributed by atoms with Gasteiger partial charge in [-0.15, -0.1) is 11.3 Å². The normalized spacial score (nSPS) is 11.8. The van der Waals surface area contributed by atoms with Crippen LogP contribution in [0.5, 0.6) is 0 Å². The van der Waals surface area contributed by atoms with E-state index in [0.717, 1.165) is 10.4 Å². The Morgan fingerprint density at radius 3 is 2.62 bits per heavy atom. The van der Waals surface area contributed by atoms with Crippen molar-refractivity contribution in [2.24, 2.45) is 0 Å². The number of thiophene rings is 1. The van der Waals surface area contributed by atoms with E-state index in [-0.39, 0.29) is 10.6 Å². The van der Waals surface area contributed by atoms with Crippen molar-refractivity contribution in [1.29, 1.82) is 0 Å². The maximum Gasteiger partial charge on any atom is 0.244 e. The van der Waals surface area contributed by atoms with E-state index in [1.54, 1.807) is 17.4 Å². The highest BCUT2D eigenvalue weighted by Crippen LogP contribution is 2.23. The number of aryl methyl sites for hydroxylation is 2. The third kappa shape index (κ3) is 2.39. The van der Waals surface area contributed by atoms with Crippen LogP contribution in [-0.2, 0) is 0 Å². The number of rotatable bonds is 2. The Kier molecular flexibility index (Phi) is 2.83. The molecule has 3 nitrogen and oxygen atoms in total. The zero-order valence-electron chi connectivity index (χ0n) is 7.83. The van der Waals surface area contributed by atoms with Crippen molar-refractivity contribution >= 4 is 17.4 Å². The fraction of sp³-hybridized carbons (Fsp3) is 0.333. The molecule has 0 amide bonds. The van der Waals surface area contributed by atoms with Crippen LogP contribution in [0.3, 0.4) is 0 Å². The highest BCUT2D eigenvalue weighted by molar-refractivity contribution is 7.13. The molecule has 0 N–H and O–H groups in total. The zero-order chi connectivity index (χ0) is 10.0. The minimum atomic E-state index is -0.367. The molecule has 0 radical (unpaired) electrons. The van der Waals surface area contributed by atoms with E-state index in [1.807, 2.05) is 19.9 Å². The zero-order valence-corrected chi connectivity index (χ0v) is 8.64. The van der Waals surface area contributed by atoms with Crippen LogP contribution >= 0.6 is 11.3 Å². The smallest absolute Gasteiger partial charge is 0.244 e. The minimum absolute atomic E-state index is 0.185. The van der Waals surface area contributed by atoms with Gasteiger partial charge in [-0.1, -0.05) is 0 Å². The monoisotopic (exact) mass is 197 g/mol. The molecule has 0 bridgehead atoms. The van der Waals surface area contributed by atoms with Gasteiger partial charge in [-0.2, -0.15) is 0 Å². The maximum absolute atomic E-state index is 10.4. The Bertz CT molecular complexity index is 366. The lowest BCUT2D eigenvalue weighted by Crippen LogP contribution is -1.92. The van der Waals surface area contributed by atoms with Gasteiger partial charge in [0, 0.05) is 22.8 Å². The number of nitrogens with zero attached hydrogens (tertiary/aromatic N) is 1. The van der Waals surface area contributed by atoms with Crippen molar-refractivity contribution in [1.82, 2.24) is 0 Å². The molecule has 0 unspecified atom stereocenters. The lowest BCUT2D eigenvalue weighted by molar-refractivity contribution is -0.422. The topological polar surface area (TPSA) is 43.1 Å². The summed E-state index contributed by atoms with van der Waals surface area (Å²) in [5.74, 6) is 0. The minimum Gasteiger partial charge on any atom is -0.259 e. The van der Waals surface area contributed by atoms with Crippen LogP contribution < -0.4 is 0 Å². The lowest BCUT2D eigenvalue weighted by Gasteiger charge is -1.90. The fourth-order valence-electron chi connectivity index (χ4n) is 1.05. The second-order valence-corrected chi connectivity index (χ2v) is 4.24. The van der Waals surface area contributed by atoms with Gasteiger partial charge in [-0.05, 0) is 25.5 Å². The summed E-state index contributed by atoms with van der Waals surface area (Å²) in [6.07, 6.45) is 1.62. The summed E-state index contributed by atoms with van der Waals surface area (Å²) in [5, 5.41) is 10.4. The largest absolute Gasteiger partial charge is 0.259 e. The molecule has 0 fully saturated rings. The van der Waals surface area contributed by atoms with Gasteiger partial charge in [0.15, 0.2) is 0 Å². The molecule has 70 valence electrons. The van der Waals surface area contributed by atoms with Gasteiger partial charge in [0.25, 0.3) is 0 Å². The number of hydrogen-bond donors (Lipinski definition) is 0. The van der Waals surface area contributed by atoms with Crippen LogP contribution in [-0.4, -0.2) is 4.92 Å². The van der Waals surface area contributed by atoms with Crippen molar-refractivity contribution < 1.29 is 4.92 Å². The Labute approximate surface area is 80.9 Å². The standard InChI is InChI=1S/C9H11NO2S/c1-6-4-8(3)13-9(6)5-7(2)10(11)12/h4-5H,1-3H3/b7-5-. The molecule has 1 heterocycles. The second kappa shape index (κ2) is 3.70. The van der Waals surface area contributed by atoms with E-state index in [0.29, 0.717) is 0 Å². The van der Waals surface area contributed by atoms with Crippen molar-refractivity contribution in [2.75, 3.05) is 0 Å². The van der Waals surface area contributed by atoms with Crippen molar-refractivity contribution in [3.63, 3.8) is 0 Å². The number of hydrogen-bond acceptors (Lipinski definition) is 3. The molecule has 1 rings (SSSR count). The summed E-state index contributed by atoms with van der Waals surface area (Å²) < 4.78 is 0. The Balaban J connectivity index is 3.03. The van der Waals surface area contributed by atoms with E-state index >= 15 is 0 Å². The van der Waals surface area contributed by atoms with Crippen LogP contribution in [0.15, 0.2) is 11.8 Å². The first-order valence-corrected chi connectivity index (χ1v) is 4.72. The summed E-state index contributed by atoms with van der Waals surface area (Å²) in [5.41, 5.74) is 1.29. The molecule has 0 aliphatic rings. The molecule has 4 heteroatoms. The van der Waals surface area contributed by atoms with Crippen molar-refractivity contribution in [2.45, 2.75) is 20.8 Å². The third-order valence-electron chi connectivity index (χ3n) is 1.71. The third-order valence-corrected chi connectivity index (χ3v) is 2.81. The predicted molar refractivity (Wildman–Crippen MR) is 54.4 cm³/mol. The number of nitro groups is 1. The Hall–Kier alpha value is -1.16. The molecular formula is C9H11NO2S. The molecule has 0 saturated heterocycles. The maximum atomic E-state index is 10.4. The SMILES string of the molecule is C/C(=C/c1sc(C)cc1C)[N+](=O)[O-]. The van der Waals surface area contributed by atoms with Gasteiger partial charge < -0.3 is 0 Å². The van der Waals surface area contributed by atoms with Crippen LogP contribution in [0.4, 0.5) is 0 Å². The summed E-state index contributed by atoms with van der Waals surface area (Å²) >= 11 is 1.58. The Morgan fingerprint density at radius 2 is 2.23 bits per heavy atom. The van der Waals surface area contributed by atoms with E-state index in [1.165, 1.54) is 11.8 Å². The Morgan fingerprint density at radius 1 is 1.62 bits per heavy atom. The highest BCUT2D eigenvalue weighted by Gasteiger charge is 2.05. The predicted octanol–water partition coefficient (Wildman–Crippen LogP) is 3.00. The summed E-state index contributed by atoms with van der Waals surface area (Å²) in [7, 11) is 0. The van der Waals surface area contributed by atoms with E-state index < -0.39 is 0 Å². The number of allylic oxidation sites excluding steroid dienone is 1. The highest BCUT2D eigenvalue weighted by atomic mass is 32.1. The summed E-state index contributed by atoms with van der Waals surface area (Å²) in [4.78, 5) is 12.2. The van der Waals surface area contributed by atoms with Crippen LogP contribution in [0.25, 0.3) is 6.08 Å². The molecule has 0 aromatic carbocycles. The molecule has 0 spiro atoms. The molecule has 0 saturated carbocycles. The van der Waals surface area contributed by atoms with Crippen molar-refractivity contribution in [3.05, 3.63) is 37.2 Å². The van der Waals surface area contributed by atoms with E-state index in [9.17, 15) is 10.1 Å². The average molecular weight is 197 g/mol. The van der Waals surface area contributed by atoms with Gasteiger partial charge in [0.2, 0.25) is 5.70 Å².